The summed E-state index contributed by atoms with van der Waals surface area (Å²) in [5, 5.41) is 17.9. The van der Waals surface area contributed by atoms with Crippen molar-refractivity contribution in [2.24, 2.45) is 7.05 Å². The van der Waals surface area contributed by atoms with Crippen LogP contribution in [0.3, 0.4) is 0 Å². The topological polar surface area (TPSA) is 93.3 Å². The maximum Gasteiger partial charge on any atom is 0.321 e. The van der Waals surface area contributed by atoms with E-state index in [1.165, 1.54) is 11.6 Å². The molecule has 8 heteroatoms. The number of hydrogen-bond donors (Lipinski definition) is 1. The molecule has 0 unspecified atom stereocenters. The summed E-state index contributed by atoms with van der Waals surface area (Å²) in [6.45, 7) is 3.02. The number of aromatic nitrogens is 2. The van der Waals surface area contributed by atoms with Gasteiger partial charge >= 0.3 is 6.03 Å². The number of anilines is 1. The summed E-state index contributed by atoms with van der Waals surface area (Å²) in [4.78, 5) is 24.6. The van der Waals surface area contributed by atoms with Crippen LogP contribution in [-0.2, 0) is 7.05 Å². The fourth-order valence-electron chi connectivity index (χ4n) is 3.21. The van der Waals surface area contributed by atoms with Crippen LogP contribution in [0.5, 0.6) is 0 Å². The Morgan fingerprint density at radius 1 is 1.36 bits per heavy atom. The molecule has 1 aromatic carbocycles. The second-order valence-electron chi connectivity index (χ2n) is 6.40. The number of nitrogens with zero attached hydrogens (tertiary/aromatic N) is 4. The van der Waals surface area contributed by atoms with Gasteiger partial charge in [0, 0.05) is 43.7 Å². The molecule has 3 rings (SSSR count). The molecule has 132 valence electrons. The molecule has 2 amide bonds. The van der Waals surface area contributed by atoms with Crippen molar-refractivity contribution in [3.63, 3.8) is 0 Å². The van der Waals surface area contributed by atoms with E-state index in [0.717, 1.165) is 12.8 Å². The van der Waals surface area contributed by atoms with Crippen LogP contribution in [0.2, 0.25) is 0 Å². The highest BCUT2D eigenvalue weighted by molar-refractivity contribution is 5.89. The van der Waals surface area contributed by atoms with Gasteiger partial charge in [-0.1, -0.05) is 0 Å². The maximum absolute atomic E-state index is 12.4. The minimum absolute atomic E-state index is 0.0512. The Morgan fingerprint density at radius 2 is 2.08 bits per heavy atom. The van der Waals surface area contributed by atoms with Crippen molar-refractivity contribution in [2.45, 2.75) is 25.7 Å². The highest BCUT2D eigenvalue weighted by Gasteiger charge is 2.24. The number of amides is 2. The number of hydrogen-bond acceptors (Lipinski definition) is 4. The molecular weight excluding hydrogens is 322 g/mol. The molecule has 1 N–H and O–H groups in total. The quantitative estimate of drug-likeness (QED) is 0.684. The molecule has 2 aromatic rings. The number of nitro benzene ring substituents is 1. The Labute approximate surface area is 145 Å². The maximum atomic E-state index is 12.4. The molecule has 1 aliphatic heterocycles. The first kappa shape index (κ1) is 16.9. The van der Waals surface area contributed by atoms with Gasteiger partial charge in [-0.25, -0.2) is 4.79 Å². The van der Waals surface area contributed by atoms with Crippen molar-refractivity contribution < 1.29 is 9.72 Å². The summed E-state index contributed by atoms with van der Waals surface area (Å²) in [5.74, 6) is 0.430. The third kappa shape index (κ3) is 3.78. The molecule has 25 heavy (non-hydrogen) atoms. The predicted octanol–water partition coefficient (Wildman–Crippen LogP) is 3.05. The number of benzene rings is 1. The number of carbonyl (C=O) groups is 1. The number of piperidine rings is 1. The summed E-state index contributed by atoms with van der Waals surface area (Å²) < 4.78 is 1.80. The average molecular weight is 343 g/mol. The van der Waals surface area contributed by atoms with Crippen LogP contribution in [0, 0.1) is 17.0 Å². The number of aryl methyl sites for hydroxylation is 2. The smallest absolute Gasteiger partial charge is 0.321 e. The number of likely N-dealkylation sites (tertiary alicyclic amines) is 1. The summed E-state index contributed by atoms with van der Waals surface area (Å²) in [6.07, 6.45) is 5.72. The number of urea groups is 1. The molecule has 1 aromatic heterocycles. The first-order chi connectivity index (χ1) is 11.9. The lowest BCUT2D eigenvalue weighted by Gasteiger charge is -2.31. The molecule has 1 aliphatic rings. The zero-order valence-electron chi connectivity index (χ0n) is 14.3. The van der Waals surface area contributed by atoms with E-state index in [0.29, 0.717) is 30.3 Å². The Balaban J connectivity index is 1.58. The summed E-state index contributed by atoms with van der Waals surface area (Å²) in [7, 11) is 1.90. The van der Waals surface area contributed by atoms with Crippen molar-refractivity contribution >= 4 is 17.4 Å². The van der Waals surface area contributed by atoms with Gasteiger partial charge in [0.25, 0.3) is 5.69 Å². The van der Waals surface area contributed by atoms with Crippen LogP contribution < -0.4 is 5.32 Å². The van der Waals surface area contributed by atoms with Crippen LogP contribution >= 0.6 is 0 Å². The Bertz CT molecular complexity index is 793. The van der Waals surface area contributed by atoms with E-state index in [1.54, 1.807) is 28.6 Å². The van der Waals surface area contributed by atoms with Crippen molar-refractivity contribution in [1.82, 2.24) is 14.7 Å². The van der Waals surface area contributed by atoms with E-state index >= 15 is 0 Å². The molecular formula is C17H21N5O3. The monoisotopic (exact) mass is 343 g/mol. The van der Waals surface area contributed by atoms with Crippen LogP contribution in [0.25, 0.3) is 0 Å². The van der Waals surface area contributed by atoms with E-state index in [9.17, 15) is 14.9 Å². The fourth-order valence-corrected chi connectivity index (χ4v) is 3.21. The summed E-state index contributed by atoms with van der Waals surface area (Å²) >= 11 is 0. The third-order valence-corrected chi connectivity index (χ3v) is 4.62. The van der Waals surface area contributed by atoms with Crippen molar-refractivity contribution in [2.75, 3.05) is 18.4 Å². The van der Waals surface area contributed by atoms with Gasteiger partial charge in [0.15, 0.2) is 0 Å². The molecule has 1 saturated heterocycles. The van der Waals surface area contributed by atoms with Gasteiger partial charge in [0.2, 0.25) is 0 Å². The first-order valence-electron chi connectivity index (χ1n) is 8.23. The van der Waals surface area contributed by atoms with Gasteiger partial charge in [-0.3, -0.25) is 14.8 Å². The normalized spacial score (nSPS) is 15.2. The third-order valence-electron chi connectivity index (χ3n) is 4.62. The highest BCUT2D eigenvalue weighted by Crippen LogP contribution is 2.28. The zero-order valence-corrected chi connectivity index (χ0v) is 14.3. The Morgan fingerprint density at radius 3 is 2.64 bits per heavy atom. The molecule has 1 fully saturated rings. The van der Waals surface area contributed by atoms with Crippen LogP contribution in [0.15, 0.2) is 30.6 Å². The van der Waals surface area contributed by atoms with Gasteiger partial charge in [-0.2, -0.15) is 5.10 Å². The lowest BCUT2D eigenvalue weighted by Crippen LogP contribution is -2.40. The van der Waals surface area contributed by atoms with Crippen molar-refractivity contribution in [3.05, 3.63) is 51.8 Å². The van der Waals surface area contributed by atoms with Gasteiger partial charge in [-0.05, 0) is 43.4 Å². The van der Waals surface area contributed by atoms with E-state index in [2.05, 4.69) is 10.4 Å². The zero-order chi connectivity index (χ0) is 18.0. The van der Waals surface area contributed by atoms with E-state index in [-0.39, 0.29) is 11.7 Å². The van der Waals surface area contributed by atoms with Gasteiger partial charge in [-0.15, -0.1) is 0 Å². The SMILES string of the molecule is Cc1cc(NC(=O)N2CCC(c3cnn(C)c3)CC2)ccc1[N+](=O)[O-]. The molecule has 0 bridgehead atoms. The van der Waals surface area contributed by atoms with Crippen LogP contribution in [0.1, 0.15) is 29.9 Å². The highest BCUT2D eigenvalue weighted by atomic mass is 16.6. The van der Waals surface area contributed by atoms with E-state index in [1.807, 2.05) is 19.4 Å². The van der Waals surface area contributed by atoms with Gasteiger partial charge in [0.05, 0.1) is 11.1 Å². The predicted molar refractivity (Wildman–Crippen MR) is 93.6 cm³/mol. The lowest BCUT2D eigenvalue weighted by molar-refractivity contribution is -0.385. The van der Waals surface area contributed by atoms with Crippen LogP contribution in [-0.4, -0.2) is 38.7 Å². The fraction of sp³-hybridized carbons (Fsp3) is 0.412. The van der Waals surface area contributed by atoms with Gasteiger partial charge < -0.3 is 10.2 Å². The molecule has 0 saturated carbocycles. The Kier molecular flexibility index (Phi) is 4.69. The van der Waals surface area contributed by atoms with Crippen LogP contribution in [0.4, 0.5) is 16.2 Å². The molecule has 0 radical (unpaired) electrons. The first-order valence-corrected chi connectivity index (χ1v) is 8.23. The molecule has 2 heterocycles. The number of carbonyl (C=O) groups excluding carboxylic acids is 1. The molecule has 8 nitrogen and oxygen atoms in total. The molecule has 0 spiro atoms. The number of nitrogens with one attached hydrogen (secondary N) is 1. The summed E-state index contributed by atoms with van der Waals surface area (Å²) in [5.41, 5.74) is 2.37. The van der Waals surface area contributed by atoms with Crippen molar-refractivity contribution in [3.8, 4) is 0 Å². The van der Waals surface area contributed by atoms with E-state index < -0.39 is 4.92 Å². The number of rotatable bonds is 3. The van der Waals surface area contributed by atoms with E-state index in [4.69, 9.17) is 0 Å². The minimum Gasteiger partial charge on any atom is -0.324 e. The largest absolute Gasteiger partial charge is 0.324 e. The molecule has 0 atom stereocenters. The molecule has 0 aliphatic carbocycles. The number of nitro groups is 1. The average Bonchev–Trinajstić information content (AvgIpc) is 3.01. The second kappa shape index (κ2) is 6.92. The second-order valence-corrected chi connectivity index (χ2v) is 6.40. The van der Waals surface area contributed by atoms with Crippen molar-refractivity contribution in [1.29, 1.82) is 0 Å². The lowest BCUT2D eigenvalue weighted by atomic mass is 9.92. The minimum atomic E-state index is -0.426. The standard InChI is InChI=1S/C17H21N5O3/c1-12-9-15(3-4-16(12)22(24)25)19-17(23)21-7-5-13(6-8-21)14-10-18-20(2)11-14/h3-4,9-11,13H,5-8H2,1-2H3,(H,19,23). The van der Waals surface area contributed by atoms with Gasteiger partial charge in [0.1, 0.15) is 0 Å². The summed E-state index contributed by atoms with van der Waals surface area (Å²) in [6, 6.07) is 4.43. The Hall–Kier alpha value is -2.90.